The number of fused-ring (bicyclic) bond motifs is 1. The summed E-state index contributed by atoms with van der Waals surface area (Å²) < 4.78 is 0. The lowest BCUT2D eigenvalue weighted by atomic mass is 9.82. The molecule has 3 aliphatic rings. The van der Waals surface area contributed by atoms with Crippen molar-refractivity contribution in [3.05, 3.63) is 71.3 Å². The molecule has 154 valence electrons. The molecular weight excluding hydrogens is 356 g/mol. The Balaban J connectivity index is 1.23. The molecule has 3 atom stereocenters. The van der Waals surface area contributed by atoms with Crippen molar-refractivity contribution in [2.24, 2.45) is 11.8 Å². The van der Waals surface area contributed by atoms with Crippen LogP contribution in [0.5, 0.6) is 0 Å². The average molecular weight is 391 g/mol. The predicted octanol–water partition coefficient (Wildman–Crippen LogP) is 4.05. The number of benzene rings is 2. The molecule has 2 aliphatic heterocycles. The van der Waals surface area contributed by atoms with E-state index in [2.05, 4.69) is 64.4 Å². The zero-order chi connectivity index (χ0) is 19.7. The maximum absolute atomic E-state index is 11.7. The number of aliphatic hydroxyl groups is 1. The second-order valence-corrected chi connectivity index (χ2v) is 9.50. The van der Waals surface area contributed by atoms with Crippen LogP contribution in [-0.2, 0) is 18.6 Å². The number of hydrogen-bond acceptors (Lipinski definition) is 3. The van der Waals surface area contributed by atoms with E-state index in [-0.39, 0.29) is 0 Å². The van der Waals surface area contributed by atoms with Gasteiger partial charge in [-0.3, -0.25) is 4.90 Å². The summed E-state index contributed by atoms with van der Waals surface area (Å²) in [4.78, 5) is 5.11. The van der Waals surface area contributed by atoms with Crippen molar-refractivity contribution < 1.29 is 5.11 Å². The van der Waals surface area contributed by atoms with Gasteiger partial charge >= 0.3 is 0 Å². The van der Waals surface area contributed by atoms with Crippen LogP contribution >= 0.6 is 0 Å². The van der Waals surface area contributed by atoms with Crippen LogP contribution < -0.4 is 0 Å². The molecule has 3 unspecified atom stereocenters. The van der Waals surface area contributed by atoms with Gasteiger partial charge in [0.1, 0.15) is 0 Å². The van der Waals surface area contributed by atoms with Gasteiger partial charge in [-0.2, -0.15) is 0 Å². The third-order valence-corrected chi connectivity index (χ3v) is 7.64. The molecule has 3 heteroatoms. The first-order valence-corrected chi connectivity index (χ1v) is 11.5. The van der Waals surface area contributed by atoms with Gasteiger partial charge in [0, 0.05) is 32.1 Å². The highest BCUT2D eigenvalue weighted by Crippen LogP contribution is 2.50. The van der Waals surface area contributed by atoms with E-state index in [4.69, 9.17) is 0 Å². The molecule has 1 N–H and O–H groups in total. The molecule has 3 nitrogen and oxygen atoms in total. The third-order valence-electron chi connectivity index (χ3n) is 7.64. The highest BCUT2D eigenvalue weighted by atomic mass is 16.3. The Kier molecular flexibility index (Phi) is 5.47. The van der Waals surface area contributed by atoms with Crippen LogP contribution in [0.15, 0.2) is 54.6 Å². The summed E-state index contributed by atoms with van der Waals surface area (Å²) in [5, 5.41) is 11.7. The first-order valence-electron chi connectivity index (χ1n) is 11.5. The standard InChI is InChI=1S/C26H34N2O/c29-26(24-10-8-21(9-11-24)13-17-27-15-4-5-16-27)14-12-23-19-28(20-25(23)26)18-22-6-2-1-3-7-22/h1-3,6-11,23,25,29H,4-5,12-20H2. The molecule has 29 heavy (non-hydrogen) atoms. The molecule has 5 rings (SSSR count). The molecule has 0 radical (unpaired) electrons. The lowest BCUT2D eigenvalue weighted by molar-refractivity contribution is -0.00684. The minimum atomic E-state index is -0.649. The predicted molar refractivity (Wildman–Crippen MR) is 118 cm³/mol. The molecule has 0 spiro atoms. The molecule has 1 aliphatic carbocycles. The first kappa shape index (κ1) is 19.3. The molecule has 2 saturated heterocycles. The highest BCUT2D eigenvalue weighted by molar-refractivity contribution is 5.30. The normalized spacial score (nSPS) is 30.1. The SMILES string of the molecule is OC1(c2ccc(CCN3CCCC3)cc2)CCC2CN(Cc3ccccc3)CC21. The maximum Gasteiger partial charge on any atom is 0.0940 e. The summed E-state index contributed by atoms with van der Waals surface area (Å²) in [6.07, 6.45) is 5.89. The third kappa shape index (κ3) is 4.01. The molecule has 2 heterocycles. The van der Waals surface area contributed by atoms with Crippen molar-refractivity contribution >= 4 is 0 Å². The Bertz CT molecular complexity index is 799. The van der Waals surface area contributed by atoms with E-state index in [1.807, 2.05) is 0 Å². The van der Waals surface area contributed by atoms with Gasteiger partial charge in [0.15, 0.2) is 0 Å². The van der Waals surface area contributed by atoms with E-state index in [0.29, 0.717) is 11.8 Å². The Hall–Kier alpha value is -1.68. The fraction of sp³-hybridized carbons (Fsp3) is 0.538. The van der Waals surface area contributed by atoms with Crippen molar-refractivity contribution in [1.82, 2.24) is 9.80 Å². The Labute approximate surface area is 175 Å². The van der Waals surface area contributed by atoms with E-state index >= 15 is 0 Å². The van der Waals surface area contributed by atoms with Crippen molar-refractivity contribution in [2.75, 3.05) is 32.7 Å². The maximum atomic E-state index is 11.7. The summed E-state index contributed by atoms with van der Waals surface area (Å²) in [5.74, 6) is 0.986. The van der Waals surface area contributed by atoms with Crippen LogP contribution in [-0.4, -0.2) is 47.6 Å². The van der Waals surface area contributed by atoms with Gasteiger partial charge in [-0.05, 0) is 67.8 Å². The van der Waals surface area contributed by atoms with Crippen LogP contribution in [0.1, 0.15) is 42.4 Å². The van der Waals surface area contributed by atoms with Crippen molar-refractivity contribution in [2.45, 2.75) is 44.2 Å². The number of hydrogen-bond donors (Lipinski definition) is 1. The summed E-state index contributed by atoms with van der Waals surface area (Å²) in [7, 11) is 0. The molecule has 0 aromatic heterocycles. The molecule has 3 fully saturated rings. The van der Waals surface area contributed by atoms with Crippen molar-refractivity contribution in [3.8, 4) is 0 Å². The van der Waals surface area contributed by atoms with E-state index in [1.165, 1.54) is 43.6 Å². The van der Waals surface area contributed by atoms with Gasteiger partial charge in [-0.15, -0.1) is 0 Å². The fourth-order valence-electron chi connectivity index (χ4n) is 5.97. The van der Waals surface area contributed by atoms with Gasteiger partial charge in [0.2, 0.25) is 0 Å². The topological polar surface area (TPSA) is 26.7 Å². The minimum absolute atomic E-state index is 0.363. The Morgan fingerprint density at radius 1 is 0.862 bits per heavy atom. The Morgan fingerprint density at radius 2 is 1.62 bits per heavy atom. The van der Waals surface area contributed by atoms with Crippen LogP contribution in [0, 0.1) is 11.8 Å². The van der Waals surface area contributed by atoms with Crippen LogP contribution in [0.2, 0.25) is 0 Å². The van der Waals surface area contributed by atoms with Gasteiger partial charge in [-0.1, -0.05) is 54.6 Å². The number of nitrogens with zero attached hydrogens (tertiary/aromatic N) is 2. The summed E-state index contributed by atoms with van der Waals surface area (Å²) in [6.45, 7) is 6.82. The zero-order valence-corrected chi connectivity index (χ0v) is 17.5. The number of likely N-dealkylation sites (tertiary alicyclic amines) is 2. The molecule has 2 aromatic carbocycles. The second kappa shape index (κ2) is 8.22. The van der Waals surface area contributed by atoms with Crippen LogP contribution in [0.4, 0.5) is 0 Å². The monoisotopic (exact) mass is 390 g/mol. The second-order valence-electron chi connectivity index (χ2n) is 9.50. The molecule has 1 saturated carbocycles. The average Bonchev–Trinajstić information content (AvgIpc) is 3.47. The van der Waals surface area contributed by atoms with E-state index in [1.54, 1.807) is 0 Å². The molecule has 0 bridgehead atoms. The summed E-state index contributed by atoms with van der Waals surface area (Å²) in [5.41, 5.74) is 3.26. The van der Waals surface area contributed by atoms with Crippen LogP contribution in [0.25, 0.3) is 0 Å². The van der Waals surface area contributed by atoms with E-state index in [0.717, 1.165) is 44.5 Å². The Morgan fingerprint density at radius 3 is 2.38 bits per heavy atom. The largest absolute Gasteiger partial charge is 0.385 e. The first-order chi connectivity index (χ1) is 14.2. The number of rotatable bonds is 6. The van der Waals surface area contributed by atoms with E-state index in [9.17, 15) is 5.11 Å². The summed E-state index contributed by atoms with van der Waals surface area (Å²) in [6, 6.07) is 19.7. The molecule has 2 aromatic rings. The molecule has 0 amide bonds. The van der Waals surface area contributed by atoms with Gasteiger partial charge in [-0.25, -0.2) is 0 Å². The highest BCUT2D eigenvalue weighted by Gasteiger charge is 2.52. The fourth-order valence-corrected chi connectivity index (χ4v) is 5.97. The zero-order valence-electron chi connectivity index (χ0n) is 17.5. The quantitative estimate of drug-likeness (QED) is 0.806. The van der Waals surface area contributed by atoms with Gasteiger partial charge in [0.05, 0.1) is 5.60 Å². The smallest absolute Gasteiger partial charge is 0.0940 e. The summed E-state index contributed by atoms with van der Waals surface area (Å²) >= 11 is 0. The van der Waals surface area contributed by atoms with E-state index < -0.39 is 5.60 Å². The van der Waals surface area contributed by atoms with Crippen LogP contribution in [0.3, 0.4) is 0 Å². The van der Waals surface area contributed by atoms with Crippen molar-refractivity contribution in [1.29, 1.82) is 0 Å². The lowest BCUT2D eigenvalue weighted by Crippen LogP contribution is -2.34. The van der Waals surface area contributed by atoms with Gasteiger partial charge in [0.25, 0.3) is 0 Å². The minimum Gasteiger partial charge on any atom is -0.385 e. The lowest BCUT2D eigenvalue weighted by Gasteiger charge is -2.31. The van der Waals surface area contributed by atoms with Gasteiger partial charge < -0.3 is 10.0 Å². The molecular formula is C26H34N2O. The van der Waals surface area contributed by atoms with Crippen molar-refractivity contribution in [3.63, 3.8) is 0 Å².